The van der Waals surface area contributed by atoms with Crippen LogP contribution in [0.5, 0.6) is 0 Å². The minimum absolute atomic E-state index is 0. The van der Waals surface area contributed by atoms with E-state index in [0.717, 1.165) is 42.8 Å². The van der Waals surface area contributed by atoms with E-state index in [1.807, 2.05) is 18.2 Å². The Morgan fingerprint density at radius 2 is 2.00 bits per heavy atom. The van der Waals surface area contributed by atoms with Crippen molar-refractivity contribution in [2.75, 3.05) is 72.0 Å². The summed E-state index contributed by atoms with van der Waals surface area (Å²) in [6, 6.07) is 7.91. The molecule has 1 fully saturated rings. The van der Waals surface area contributed by atoms with Gasteiger partial charge in [-0.2, -0.15) is 0 Å². The average Bonchev–Trinajstić information content (AvgIpc) is 2.64. The van der Waals surface area contributed by atoms with E-state index in [1.54, 1.807) is 26.1 Å². The number of benzene rings is 1. The summed E-state index contributed by atoms with van der Waals surface area (Å²) in [6.07, 6.45) is 0. The number of rotatable bonds is 6. The van der Waals surface area contributed by atoms with Gasteiger partial charge in [0.1, 0.15) is 6.54 Å². The Kier molecular flexibility index (Phi) is 10.8. The molecule has 0 spiro atoms. The molecule has 0 aromatic heterocycles. The van der Waals surface area contributed by atoms with Gasteiger partial charge in [0.05, 0.1) is 6.61 Å². The minimum Gasteiger partial charge on any atom is -0.383 e. The highest BCUT2D eigenvalue weighted by atomic mass is 127. The fraction of sp³-hybridized carbons (Fsp3) is 0.556. The lowest BCUT2D eigenvalue weighted by atomic mass is 10.2. The first-order valence-electron chi connectivity index (χ1n) is 8.74. The van der Waals surface area contributed by atoms with Crippen LogP contribution in [-0.4, -0.2) is 88.7 Å². The number of aliphatic imine (C=N–C) groups is 1. The number of nitrogens with zero attached hydrogens (tertiary/aromatic N) is 4. The molecular weight excluding hydrogens is 481 g/mol. The second-order valence-electron chi connectivity index (χ2n) is 6.30. The largest absolute Gasteiger partial charge is 0.383 e. The van der Waals surface area contributed by atoms with E-state index < -0.39 is 0 Å². The van der Waals surface area contributed by atoms with Crippen LogP contribution in [0.25, 0.3) is 0 Å². The van der Waals surface area contributed by atoms with Crippen molar-refractivity contribution in [1.82, 2.24) is 15.1 Å². The van der Waals surface area contributed by atoms with Crippen LogP contribution in [0.3, 0.4) is 0 Å². The number of hydrogen-bond acceptors (Lipinski definition) is 4. The van der Waals surface area contributed by atoms with Crippen LogP contribution in [0.2, 0.25) is 5.02 Å². The lowest BCUT2D eigenvalue weighted by molar-refractivity contribution is -0.127. The van der Waals surface area contributed by atoms with Crippen LogP contribution in [0.15, 0.2) is 29.3 Å². The highest BCUT2D eigenvalue weighted by Crippen LogP contribution is 2.20. The lowest BCUT2D eigenvalue weighted by Crippen LogP contribution is -2.53. The molecule has 1 aliphatic rings. The molecule has 1 amide bonds. The van der Waals surface area contributed by atoms with Crippen LogP contribution in [-0.2, 0) is 9.53 Å². The Bertz CT molecular complexity index is 622. The number of ether oxygens (including phenoxy) is 1. The van der Waals surface area contributed by atoms with Crippen molar-refractivity contribution < 1.29 is 9.53 Å². The van der Waals surface area contributed by atoms with Gasteiger partial charge in [-0.15, -0.1) is 24.0 Å². The van der Waals surface area contributed by atoms with Crippen molar-refractivity contribution in [3.8, 4) is 0 Å². The van der Waals surface area contributed by atoms with Gasteiger partial charge in [-0.1, -0.05) is 17.7 Å². The summed E-state index contributed by atoms with van der Waals surface area (Å²) in [4.78, 5) is 22.4. The SMILES string of the molecule is COCCNC(=NCC(=O)N(C)C)N1CCN(c2cccc(Cl)c2)CC1.I. The Morgan fingerprint density at radius 3 is 2.59 bits per heavy atom. The van der Waals surface area contributed by atoms with E-state index in [9.17, 15) is 4.79 Å². The van der Waals surface area contributed by atoms with E-state index in [0.29, 0.717) is 13.2 Å². The first-order chi connectivity index (χ1) is 12.5. The number of piperazine rings is 1. The molecule has 1 heterocycles. The van der Waals surface area contributed by atoms with Crippen molar-refractivity contribution in [3.05, 3.63) is 29.3 Å². The molecule has 1 aromatic carbocycles. The van der Waals surface area contributed by atoms with Gasteiger partial charge in [-0.3, -0.25) is 4.79 Å². The first kappa shape index (κ1) is 23.8. The van der Waals surface area contributed by atoms with Crippen molar-refractivity contribution in [2.24, 2.45) is 4.99 Å². The molecule has 0 bridgehead atoms. The van der Waals surface area contributed by atoms with Crippen molar-refractivity contribution in [3.63, 3.8) is 0 Å². The molecule has 0 aliphatic carbocycles. The van der Waals surface area contributed by atoms with Gasteiger partial charge < -0.3 is 24.8 Å². The van der Waals surface area contributed by atoms with Crippen LogP contribution >= 0.6 is 35.6 Å². The fourth-order valence-corrected chi connectivity index (χ4v) is 2.85. The monoisotopic (exact) mass is 509 g/mol. The number of carbonyl (C=O) groups excluding carboxylic acids is 1. The van der Waals surface area contributed by atoms with E-state index >= 15 is 0 Å². The summed E-state index contributed by atoms with van der Waals surface area (Å²) in [6.45, 7) is 4.75. The topological polar surface area (TPSA) is 60.4 Å². The summed E-state index contributed by atoms with van der Waals surface area (Å²) in [5.74, 6) is 0.733. The number of hydrogen-bond donors (Lipinski definition) is 1. The highest BCUT2D eigenvalue weighted by Gasteiger charge is 2.20. The number of likely N-dealkylation sites (N-methyl/N-ethyl adjacent to an activating group) is 1. The van der Waals surface area contributed by atoms with Crippen LogP contribution < -0.4 is 10.2 Å². The van der Waals surface area contributed by atoms with Crippen molar-refractivity contribution >= 4 is 53.1 Å². The van der Waals surface area contributed by atoms with Gasteiger partial charge in [0.2, 0.25) is 5.91 Å². The highest BCUT2D eigenvalue weighted by molar-refractivity contribution is 14.0. The smallest absolute Gasteiger partial charge is 0.243 e. The third-order valence-corrected chi connectivity index (χ3v) is 4.44. The molecule has 1 aromatic rings. The van der Waals surface area contributed by atoms with Crippen molar-refractivity contribution in [1.29, 1.82) is 0 Å². The minimum atomic E-state index is -0.0198. The number of nitrogens with one attached hydrogen (secondary N) is 1. The number of halogens is 2. The van der Waals surface area contributed by atoms with Crippen LogP contribution in [0.4, 0.5) is 5.69 Å². The van der Waals surface area contributed by atoms with Crippen molar-refractivity contribution in [2.45, 2.75) is 0 Å². The van der Waals surface area contributed by atoms with Gasteiger partial charge in [0.15, 0.2) is 5.96 Å². The summed E-state index contributed by atoms with van der Waals surface area (Å²) in [5.41, 5.74) is 1.13. The molecule has 9 heteroatoms. The summed E-state index contributed by atoms with van der Waals surface area (Å²) < 4.78 is 5.10. The van der Waals surface area contributed by atoms with Gasteiger partial charge in [0.25, 0.3) is 0 Å². The molecule has 0 radical (unpaired) electrons. The molecule has 2 rings (SSSR count). The molecule has 0 atom stereocenters. The maximum absolute atomic E-state index is 11.9. The quantitative estimate of drug-likeness (QED) is 0.274. The Morgan fingerprint density at radius 1 is 1.30 bits per heavy atom. The van der Waals surface area contributed by atoms with Gasteiger partial charge in [0, 0.05) is 64.6 Å². The summed E-state index contributed by atoms with van der Waals surface area (Å²) in [7, 11) is 5.14. The number of amides is 1. The van der Waals surface area contributed by atoms with E-state index in [2.05, 4.69) is 26.2 Å². The molecule has 152 valence electrons. The molecular formula is C18H29ClIN5O2. The number of guanidine groups is 1. The predicted molar refractivity (Wildman–Crippen MR) is 122 cm³/mol. The predicted octanol–water partition coefficient (Wildman–Crippen LogP) is 1.76. The Labute approximate surface area is 183 Å². The molecule has 1 N–H and O–H groups in total. The maximum atomic E-state index is 11.9. The number of carbonyl (C=O) groups is 1. The lowest BCUT2D eigenvalue weighted by Gasteiger charge is -2.37. The van der Waals surface area contributed by atoms with E-state index in [1.165, 1.54) is 0 Å². The third-order valence-electron chi connectivity index (χ3n) is 4.20. The number of anilines is 1. The van der Waals surface area contributed by atoms with E-state index in [4.69, 9.17) is 16.3 Å². The molecule has 7 nitrogen and oxygen atoms in total. The summed E-state index contributed by atoms with van der Waals surface area (Å²) >= 11 is 6.10. The zero-order chi connectivity index (χ0) is 18.9. The van der Waals surface area contributed by atoms with Gasteiger partial charge in [-0.05, 0) is 18.2 Å². The Balaban J connectivity index is 0.00000364. The second kappa shape index (κ2) is 12.2. The summed E-state index contributed by atoms with van der Waals surface area (Å²) in [5, 5.41) is 4.03. The van der Waals surface area contributed by atoms with Gasteiger partial charge >= 0.3 is 0 Å². The average molecular weight is 510 g/mol. The van der Waals surface area contributed by atoms with Crippen LogP contribution in [0, 0.1) is 0 Å². The molecule has 1 saturated heterocycles. The zero-order valence-electron chi connectivity index (χ0n) is 16.2. The normalized spacial score (nSPS) is 14.6. The first-order valence-corrected chi connectivity index (χ1v) is 9.12. The van der Waals surface area contributed by atoms with E-state index in [-0.39, 0.29) is 36.4 Å². The maximum Gasteiger partial charge on any atom is 0.243 e. The second-order valence-corrected chi connectivity index (χ2v) is 6.74. The molecule has 27 heavy (non-hydrogen) atoms. The fourth-order valence-electron chi connectivity index (χ4n) is 2.67. The molecule has 0 unspecified atom stereocenters. The standard InChI is InChI=1S/C18H28ClN5O2.HI/c1-22(2)17(25)14-21-18(20-7-12-26-3)24-10-8-23(9-11-24)16-6-4-5-15(19)13-16;/h4-6,13H,7-12,14H2,1-3H3,(H,20,21);1H. The van der Waals surface area contributed by atoms with Crippen LogP contribution in [0.1, 0.15) is 0 Å². The number of methoxy groups -OCH3 is 1. The molecule has 1 aliphatic heterocycles. The zero-order valence-corrected chi connectivity index (χ0v) is 19.2. The van der Waals surface area contributed by atoms with Gasteiger partial charge in [-0.25, -0.2) is 4.99 Å². The third kappa shape index (κ3) is 7.71. The molecule has 0 saturated carbocycles. The Hall–Kier alpha value is -1.26.